The van der Waals surface area contributed by atoms with Crippen LogP contribution < -0.4 is 4.74 Å². The van der Waals surface area contributed by atoms with Crippen LogP contribution in [0.1, 0.15) is 52.7 Å². The van der Waals surface area contributed by atoms with E-state index in [1.54, 1.807) is 0 Å². The van der Waals surface area contributed by atoms with Gasteiger partial charge in [-0.3, -0.25) is 0 Å². The van der Waals surface area contributed by atoms with Gasteiger partial charge < -0.3 is 18.7 Å². The number of nitrogens with zero attached hydrogens (tertiary/aromatic N) is 3. The Morgan fingerprint density at radius 1 is 0.596 bits per heavy atom. The average molecular weight is 859 g/mol. The second kappa shape index (κ2) is 12.5. The van der Waals surface area contributed by atoms with Crippen LogP contribution in [-0.2, 0) is 31.9 Å². The number of hydrogen-bond acceptors (Lipinski definition) is 4. The molecule has 0 saturated heterocycles. The Kier molecular flexibility index (Phi) is 8.11. The topological polar surface area (TPSA) is 53.1 Å². The molecule has 5 nitrogen and oxygen atoms in total. The van der Waals surface area contributed by atoms with Gasteiger partial charge in [-0.15, -0.1) is 17.5 Å². The summed E-state index contributed by atoms with van der Waals surface area (Å²) in [5.74, 6) is 1.98. The van der Waals surface area contributed by atoms with Crippen molar-refractivity contribution >= 4 is 54.5 Å². The molecule has 0 unspecified atom stereocenters. The Bertz CT molecular complexity index is 2820. The number of pyridine rings is 2. The van der Waals surface area contributed by atoms with Crippen molar-refractivity contribution in [3.05, 3.63) is 139 Å². The van der Waals surface area contributed by atoms with Crippen LogP contribution in [0.25, 0.3) is 71.6 Å². The first-order chi connectivity index (χ1) is 24.5. The Balaban J connectivity index is 0.00000387. The van der Waals surface area contributed by atoms with Gasteiger partial charge in [0.1, 0.15) is 11.4 Å². The number of hydrogen-bond donors (Lipinski definition) is 0. The van der Waals surface area contributed by atoms with Crippen molar-refractivity contribution in [3.8, 4) is 28.6 Å². The predicted octanol–water partition coefficient (Wildman–Crippen LogP) is 12.3. The van der Waals surface area contributed by atoms with Gasteiger partial charge in [-0.25, -0.2) is 4.98 Å². The molecule has 0 bridgehead atoms. The third-order valence-electron chi connectivity index (χ3n) is 9.87. The second-order valence-corrected chi connectivity index (χ2v) is 15.4. The molecule has 4 aromatic heterocycles. The van der Waals surface area contributed by atoms with Crippen molar-refractivity contribution in [1.82, 2.24) is 14.5 Å². The summed E-state index contributed by atoms with van der Waals surface area (Å²) in [7, 11) is 0. The molecule has 0 fully saturated rings. The fourth-order valence-electron chi connectivity index (χ4n) is 7.09. The van der Waals surface area contributed by atoms with Crippen molar-refractivity contribution < 1.29 is 30.2 Å². The SMILES string of the molecule is CC(C)(C)c1ccnc(-c2[c-]c(Oc3[c-]c4c(cc3)c3ccccc3n4-c3cc(C(C)(C)C)ccn3)cc3c2oc2c4ccccc4ccc32)c1.[Pt+2]. The fourth-order valence-corrected chi connectivity index (χ4v) is 7.09. The first-order valence-electron chi connectivity index (χ1n) is 17.4. The molecule has 258 valence electrons. The van der Waals surface area contributed by atoms with Gasteiger partial charge in [-0.2, -0.15) is 6.07 Å². The van der Waals surface area contributed by atoms with Crippen LogP contribution >= 0.6 is 0 Å². The summed E-state index contributed by atoms with van der Waals surface area (Å²) in [6.45, 7) is 13.3. The fraction of sp³-hybridized carbons (Fsp3) is 0.174. The maximum Gasteiger partial charge on any atom is 2.00 e. The Morgan fingerprint density at radius 2 is 1.29 bits per heavy atom. The molecule has 0 aliphatic carbocycles. The van der Waals surface area contributed by atoms with Crippen LogP contribution in [0.3, 0.4) is 0 Å². The molecule has 9 aromatic rings. The van der Waals surface area contributed by atoms with Gasteiger partial charge >= 0.3 is 21.1 Å². The predicted molar refractivity (Wildman–Crippen MR) is 208 cm³/mol. The van der Waals surface area contributed by atoms with E-state index >= 15 is 0 Å². The minimum absolute atomic E-state index is 0. The third kappa shape index (κ3) is 5.68. The zero-order chi connectivity index (χ0) is 35.1. The number of para-hydroxylation sites is 1. The molecule has 0 spiro atoms. The summed E-state index contributed by atoms with van der Waals surface area (Å²) in [4.78, 5) is 9.66. The smallest absolute Gasteiger partial charge is 0.503 e. The van der Waals surface area contributed by atoms with E-state index in [4.69, 9.17) is 19.1 Å². The van der Waals surface area contributed by atoms with Crippen LogP contribution in [0.2, 0.25) is 0 Å². The Morgan fingerprint density at radius 3 is 2.08 bits per heavy atom. The van der Waals surface area contributed by atoms with Crippen molar-refractivity contribution in [2.45, 2.75) is 52.4 Å². The maximum atomic E-state index is 6.73. The summed E-state index contributed by atoms with van der Waals surface area (Å²) < 4.78 is 15.6. The Labute approximate surface area is 317 Å². The van der Waals surface area contributed by atoms with Gasteiger partial charge in [-0.05, 0) is 62.7 Å². The minimum Gasteiger partial charge on any atom is -0.503 e. The number of ether oxygens (including phenoxy) is 1. The zero-order valence-electron chi connectivity index (χ0n) is 29.9. The second-order valence-electron chi connectivity index (χ2n) is 15.4. The van der Waals surface area contributed by atoms with Crippen LogP contribution in [0.5, 0.6) is 11.5 Å². The van der Waals surface area contributed by atoms with E-state index in [1.165, 1.54) is 11.1 Å². The summed E-state index contributed by atoms with van der Waals surface area (Å²) in [6.07, 6.45) is 3.76. The average Bonchev–Trinajstić information content (AvgIpc) is 3.66. The minimum atomic E-state index is -0.0565. The van der Waals surface area contributed by atoms with Crippen molar-refractivity contribution in [2.75, 3.05) is 0 Å². The number of benzene rings is 5. The third-order valence-corrected chi connectivity index (χ3v) is 9.87. The van der Waals surface area contributed by atoms with Crippen LogP contribution in [-0.4, -0.2) is 14.5 Å². The first-order valence-corrected chi connectivity index (χ1v) is 17.4. The van der Waals surface area contributed by atoms with Gasteiger partial charge in [0.05, 0.1) is 5.58 Å². The van der Waals surface area contributed by atoms with Crippen LogP contribution in [0, 0.1) is 12.1 Å². The van der Waals surface area contributed by atoms with E-state index in [9.17, 15) is 0 Å². The van der Waals surface area contributed by atoms with E-state index in [-0.39, 0.29) is 31.9 Å². The van der Waals surface area contributed by atoms with Crippen molar-refractivity contribution in [1.29, 1.82) is 0 Å². The molecule has 0 atom stereocenters. The molecule has 52 heavy (non-hydrogen) atoms. The van der Waals surface area contributed by atoms with Gasteiger partial charge in [0.15, 0.2) is 0 Å². The number of aromatic nitrogens is 3. The van der Waals surface area contributed by atoms with E-state index < -0.39 is 0 Å². The molecular weight excluding hydrogens is 822 g/mol. The van der Waals surface area contributed by atoms with E-state index in [0.717, 1.165) is 71.6 Å². The first kappa shape index (κ1) is 33.9. The van der Waals surface area contributed by atoms with Gasteiger partial charge in [-0.1, -0.05) is 131 Å². The largest absolute Gasteiger partial charge is 2.00 e. The summed E-state index contributed by atoms with van der Waals surface area (Å²) in [6, 6.07) is 42.8. The summed E-state index contributed by atoms with van der Waals surface area (Å²) in [5.41, 5.74) is 7.39. The maximum absolute atomic E-state index is 6.73. The van der Waals surface area contributed by atoms with E-state index in [2.05, 4.69) is 137 Å². The standard InChI is InChI=1S/C46H37N3O2.Pt/c1-45(2,3)29-19-21-47-39(23-29)38-26-32(25-37-36-17-15-28-11-7-8-12-33(28)43(36)51-44(37)38)50-31-16-18-35-34-13-9-10-14-40(34)49(41(35)27-31)42-24-30(20-22-48-42)46(4,5)6;/h7-25H,1-6H3;/q-2;+2. The van der Waals surface area contributed by atoms with E-state index in [1.807, 2.05) is 36.7 Å². The number of fused-ring (bicyclic) bond motifs is 8. The summed E-state index contributed by atoms with van der Waals surface area (Å²) in [5, 5.41) is 6.36. The molecule has 9 rings (SSSR count). The van der Waals surface area contributed by atoms with Gasteiger partial charge in [0.2, 0.25) is 0 Å². The van der Waals surface area contributed by atoms with Crippen molar-refractivity contribution in [3.63, 3.8) is 0 Å². The summed E-state index contributed by atoms with van der Waals surface area (Å²) >= 11 is 0. The van der Waals surface area contributed by atoms with Crippen LogP contribution in [0.4, 0.5) is 0 Å². The molecule has 0 saturated carbocycles. The molecule has 0 aliphatic rings. The monoisotopic (exact) mass is 858 g/mol. The molecule has 6 heteroatoms. The Hall–Kier alpha value is -5.25. The molecule has 0 aliphatic heterocycles. The quantitative estimate of drug-likeness (QED) is 0.165. The molecule has 0 N–H and O–H groups in total. The van der Waals surface area contributed by atoms with Gasteiger partial charge in [0.25, 0.3) is 0 Å². The molecule has 4 heterocycles. The molecule has 5 aromatic carbocycles. The van der Waals surface area contributed by atoms with Crippen molar-refractivity contribution in [2.24, 2.45) is 0 Å². The van der Waals surface area contributed by atoms with Gasteiger partial charge in [0, 0.05) is 40.2 Å². The number of rotatable bonds is 4. The zero-order valence-corrected chi connectivity index (χ0v) is 32.2. The number of furan rings is 1. The van der Waals surface area contributed by atoms with E-state index in [0.29, 0.717) is 11.5 Å². The van der Waals surface area contributed by atoms with Crippen LogP contribution in [0.15, 0.2) is 120 Å². The molecule has 0 amide bonds. The normalized spacial score (nSPS) is 12.3. The molecular formula is C46H37N3O2Pt. The molecule has 0 radical (unpaired) electrons.